The van der Waals surface area contributed by atoms with Gasteiger partial charge >= 0.3 is 0 Å². The highest BCUT2D eigenvalue weighted by Gasteiger charge is 2.02. The molecule has 1 N–H and O–H groups in total. The van der Waals surface area contributed by atoms with Crippen LogP contribution in [0.25, 0.3) is 0 Å². The average Bonchev–Trinajstić information content (AvgIpc) is 2.30. The van der Waals surface area contributed by atoms with Gasteiger partial charge < -0.3 is 10.1 Å². The van der Waals surface area contributed by atoms with Gasteiger partial charge in [0, 0.05) is 13.0 Å². The molecule has 0 aliphatic carbocycles. The normalized spacial score (nSPS) is 9.71. The first-order valence-electron chi connectivity index (χ1n) is 5.31. The fourth-order valence-corrected chi connectivity index (χ4v) is 1.26. The molecule has 0 spiro atoms. The highest BCUT2D eigenvalue weighted by Crippen LogP contribution is 2.08. The summed E-state index contributed by atoms with van der Waals surface area (Å²) in [5.74, 6) is 0.579. The Kier molecular flexibility index (Phi) is 6.10. The van der Waals surface area contributed by atoms with Gasteiger partial charge in [0.1, 0.15) is 5.75 Å². The average molecular weight is 256 g/mol. The number of ether oxygens (including phenoxy) is 1. The highest BCUT2D eigenvalue weighted by molar-refractivity contribution is 6.63. The van der Waals surface area contributed by atoms with Crippen molar-refractivity contribution in [3.8, 4) is 5.75 Å². The Balaban J connectivity index is 2.10. The zero-order valence-electron chi connectivity index (χ0n) is 9.32. The Morgan fingerprint density at radius 2 is 1.88 bits per heavy atom. The Morgan fingerprint density at radius 3 is 2.53 bits per heavy atom. The molecule has 0 radical (unpaired) electrons. The molecule has 0 fully saturated rings. The number of hydrogen-bond donors (Lipinski definition) is 1. The van der Waals surface area contributed by atoms with E-state index in [0.29, 0.717) is 6.61 Å². The zero-order valence-corrected chi connectivity index (χ0v) is 10.1. The summed E-state index contributed by atoms with van der Waals surface area (Å²) in [5, 5.41) is 2.12. The summed E-state index contributed by atoms with van der Waals surface area (Å²) >= 11 is 5.13. The summed E-state index contributed by atoms with van der Waals surface area (Å²) < 4.78 is 5.35. The third-order valence-corrected chi connectivity index (χ3v) is 2.17. The van der Waals surface area contributed by atoms with Crippen molar-refractivity contribution in [1.82, 2.24) is 5.32 Å². The lowest BCUT2D eigenvalue weighted by Crippen LogP contribution is -2.26. The minimum Gasteiger partial charge on any atom is -0.493 e. The van der Waals surface area contributed by atoms with Crippen LogP contribution in [0.5, 0.6) is 5.75 Å². The van der Waals surface area contributed by atoms with Crippen molar-refractivity contribution >= 4 is 22.8 Å². The third-order valence-electron chi connectivity index (χ3n) is 1.98. The lowest BCUT2D eigenvalue weighted by molar-refractivity contribution is -0.121. The van der Waals surface area contributed by atoms with Gasteiger partial charge in [0.25, 0.3) is 0 Å². The number of carbonyl (C=O) groups excluding carboxylic acids is 2. The molecule has 0 atom stereocenters. The first-order chi connectivity index (χ1) is 8.18. The van der Waals surface area contributed by atoms with Gasteiger partial charge in [-0.25, -0.2) is 0 Å². The maximum absolute atomic E-state index is 11.3. The molecule has 0 saturated carbocycles. The molecule has 0 aromatic heterocycles. The largest absolute Gasteiger partial charge is 0.493 e. The predicted molar refractivity (Wildman–Crippen MR) is 65.0 cm³/mol. The van der Waals surface area contributed by atoms with E-state index in [1.807, 2.05) is 30.3 Å². The Bertz CT molecular complexity index is 367. The number of rotatable bonds is 7. The standard InChI is InChI=1S/C12H14ClNO3/c13-11(15)6-8-14-12(16)7-9-17-10-4-2-1-3-5-10/h1-5H,6-9H2,(H,14,16). The monoisotopic (exact) mass is 255 g/mol. The lowest BCUT2D eigenvalue weighted by atomic mass is 10.3. The van der Waals surface area contributed by atoms with Crippen LogP contribution in [0.4, 0.5) is 0 Å². The molecule has 92 valence electrons. The number of carbonyl (C=O) groups is 2. The summed E-state index contributed by atoms with van der Waals surface area (Å²) in [6.07, 6.45) is 0.401. The van der Waals surface area contributed by atoms with Crippen LogP contribution in [-0.2, 0) is 9.59 Å². The number of benzene rings is 1. The third kappa shape index (κ3) is 6.58. The molecule has 4 nitrogen and oxygen atoms in total. The van der Waals surface area contributed by atoms with E-state index in [1.54, 1.807) is 0 Å². The summed E-state index contributed by atoms with van der Waals surface area (Å²) in [7, 11) is 0. The number of hydrogen-bond acceptors (Lipinski definition) is 3. The van der Waals surface area contributed by atoms with Gasteiger partial charge in [-0.05, 0) is 23.7 Å². The van der Waals surface area contributed by atoms with Gasteiger partial charge in [0.2, 0.25) is 11.1 Å². The number of amides is 1. The molecule has 0 saturated heterocycles. The van der Waals surface area contributed by atoms with E-state index in [2.05, 4.69) is 5.32 Å². The first kappa shape index (κ1) is 13.5. The van der Waals surface area contributed by atoms with Crippen molar-refractivity contribution in [2.75, 3.05) is 13.2 Å². The van der Waals surface area contributed by atoms with Gasteiger partial charge in [-0.15, -0.1) is 0 Å². The van der Waals surface area contributed by atoms with Crippen LogP contribution in [0, 0.1) is 0 Å². The summed E-state index contributed by atoms with van der Waals surface area (Å²) in [6, 6.07) is 9.26. The van der Waals surface area contributed by atoms with E-state index in [1.165, 1.54) is 0 Å². The molecule has 0 aliphatic heterocycles. The molecule has 0 aliphatic rings. The minimum absolute atomic E-state index is 0.146. The van der Waals surface area contributed by atoms with Crippen LogP contribution in [0.15, 0.2) is 30.3 Å². The first-order valence-corrected chi connectivity index (χ1v) is 5.69. The lowest BCUT2D eigenvalue weighted by Gasteiger charge is -2.06. The molecular formula is C12H14ClNO3. The van der Waals surface area contributed by atoms with Crippen LogP contribution in [0.1, 0.15) is 12.8 Å². The van der Waals surface area contributed by atoms with Crippen LogP contribution >= 0.6 is 11.6 Å². The number of nitrogens with one attached hydrogen (secondary N) is 1. The molecule has 5 heteroatoms. The van der Waals surface area contributed by atoms with Crippen LogP contribution in [0.3, 0.4) is 0 Å². The van der Waals surface area contributed by atoms with Gasteiger partial charge in [-0.3, -0.25) is 9.59 Å². The van der Waals surface area contributed by atoms with Crippen molar-refractivity contribution < 1.29 is 14.3 Å². The second-order valence-corrected chi connectivity index (χ2v) is 3.79. The summed E-state index contributed by atoms with van der Waals surface area (Å²) in [6.45, 7) is 0.581. The summed E-state index contributed by atoms with van der Waals surface area (Å²) in [5.41, 5.74) is 0. The van der Waals surface area contributed by atoms with E-state index in [4.69, 9.17) is 16.3 Å². The van der Waals surface area contributed by atoms with Crippen molar-refractivity contribution in [1.29, 1.82) is 0 Å². The quantitative estimate of drug-likeness (QED) is 0.755. The fraction of sp³-hybridized carbons (Fsp3) is 0.333. The Labute approximate surface area is 105 Å². The van der Waals surface area contributed by atoms with Crippen molar-refractivity contribution in [2.24, 2.45) is 0 Å². The van der Waals surface area contributed by atoms with Gasteiger partial charge in [-0.1, -0.05) is 18.2 Å². The molecule has 0 unspecified atom stereocenters. The molecular weight excluding hydrogens is 242 g/mol. The SMILES string of the molecule is O=C(Cl)CCNC(=O)CCOc1ccccc1. The fourth-order valence-electron chi connectivity index (χ4n) is 1.17. The topological polar surface area (TPSA) is 55.4 Å². The second kappa shape index (κ2) is 7.68. The molecule has 1 aromatic rings. The second-order valence-electron chi connectivity index (χ2n) is 3.37. The van der Waals surface area contributed by atoms with E-state index < -0.39 is 5.24 Å². The molecule has 1 aromatic carbocycles. The Hall–Kier alpha value is -1.55. The maximum atomic E-state index is 11.3. The van der Waals surface area contributed by atoms with Crippen molar-refractivity contribution in [3.63, 3.8) is 0 Å². The predicted octanol–water partition coefficient (Wildman–Crippen LogP) is 1.73. The van der Waals surface area contributed by atoms with Crippen LogP contribution in [0.2, 0.25) is 0 Å². The number of para-hydroxylation sites is 1. The van der Waals surface area contributed by atoms with E-state index in [0.717, 1.165) is 5.75 Å². The number of halogens is 1. The van der Waals surface area contributed by atoms with Crippen LogP contribution < -0.4 is 10.1 Å². The Morgan fingerprint density at radius 1 is 1.18 bits per heavy atom. The maximum Gasteiger partial charge on any atom is 0.223 e. The van der Waals surface area contributed by atoms with Crippen molar-refractivity contribution in [3.05, 3.63) is 30.3 Å². The van der Waals surface area contributed by atoms with E-state index in [9.17, 15) is 9.59 Å². The molecule has 17 heavy (non-hydrogen) atoms. The van der Waals surface area contributed by atoms with Crippen LogP contribution in [-0.4, -0.2) is 24.3 Å². The van der Waals surface area contributed by atoms with Crippen molar-refractivity contribution in [2.45, 2.75) is 12.8 Å². The van der Waals surface area contributed by atoms with E-state index >= 15 is 0 Å². The summed E-state index contributed by atoms with van der Waals surface area (Å²) in [4.78, 5) is 21.7. The van der Waals surface area contributed by atoms with Gasteiger partial charge in [0.15, 0.2) is 0 Å². The molecule has 1 rings (SSSR count). The van der Waals surface area contributed by atoms with E-state index in [-0.39, 0.29) is 25.3 Å². The molecule has 0 heterocycles. The molecule has 0 bridgehead atoms. The smallest absolute Gasteiger partial charge is 0.223 e. The highest BCUT2D eigenvalue weighted by atomic mass is 35.5. The zero-order chi connectivity index (χ0) is 12.5. The molecule has 1 amide bonds. The minimum atomic E-state index is -0.453. The van der Waals surface area contributed by atoms with Gasteiger partial charge in [0.05, 0.1) is 13.0 Å². The van der Waals surface area contributed by atoms with Gasteiger partial charge in [-0.2, -0.15) is 0 Å².